The van der Waals surface area contributed by atoms with Crippen molar-refractivity contribution < 1.29 is 9.18 Å². The molecule has 2 N–H and O–H groups in total. The summed E-state index contributed by atoms with van der Waals surface area (Å²) in [5.74, 6) is 0.120. The first-order chi connectivity index (χ1) is 8.66. The van der Waals surface area contributed by atoms with Crippen molar-refractivity contribution in [1.29, 1.82) is 0 Å². The molecule has 0 spiro atoms. The van der Waals surface area contributed by atoms with Gasteiger partial charge in [0.05, 0.1) is 0 Å². The third-order valence-electron chi connectivity index (χ3n) is 3.36. The number of hydrogen-bond acceptors (Lipinski definition) is 2. The number of benzene rings is 1. The zero-order valence-corrected chi connectivity index (χ0v) is 11.8. The SMILES string of the molecule is CC(Cc1ccccc1F)C(=O)NCC1CNC1.Cl. The molecule has 1 aromatic carbocycles. The van der Waals surface area contributed by atoms with Crippen LogP contribution in [0.25, 0.3) is 0 Å². The summed E-state index contributed by atoms with van der Waals surface area (Å²) in [6.45, 7) is 4.50. The maximum atomic E-state index is 13.5. The van der Waals surface area contributed by atoms with E-state index in [1.807, 2.05) is 6.92 Å². The van der Waals surface area contributed by atoms with Crippen molar-refractivity contribution in [3.63, 3.8) is 0 Å². The molecule has 1 atom stereocenters. The van der Waals surface area contributed by atoms with E-state index in [0.717, 1.165) is 13.1 Å². The molecule has 5 heteroatoms. The monoisotopic (exact) mass is 286 g/mol. The highest BCUT2D eigenvalue weighted by Crippen LogP contribution is 2.12. The summed E-state index contributed by atoms with van der Waals surface area (Å²) in [6, 6.07) is 6.62. The Morgan fingerprint density at radius 1 is 1.47 bits per heavy atom. The normalized spacial score (nSPS) is 16.1. The second-order valence-corrected chi connectivity index (χ2v) is 4.97. The highest BCUT2D eigenvalue weighted by molar-refractivity contribution is 5.85. The fourth-order valence-electron chi connectivity index (χ4n) is 2.00. The number of rotatable bonds is 5. The summed E-state index contributed by atoms with van der Waals surface area (Å²) >= 11 is 0. The minimum absolute atomic E-state index is 0. The summed E-state index contributed by atoms with van der Waals surface area (Å²) in [7, 11) is 0. The third kappa shape index (κ3) is 4.48. The van der Waals surface area contributed by atoms with E-state index in [9.17, 15) is 9.18 Å². The topological polar surface area (TPSA) is 41.1 Å². The predicted octanol–water partition coefficient (Wildman–Crippen LogP) is 1.76. The van der Waals surface area contributed by atoms with Gasteiger partial charge in [0.25, 0.3) is 0 Å². The largest absolute Gasteiger partial charge is 0.355 e. The van der Waals surface area contributed by atoms with Crippen molar-refractivity contribution in [2.45, 2.75) is 13.3 Å². The van der Waals surface area contributed by atoms with E-state index in [2.05, 4.69) is 10.6 Å². The van der Waals surface area contributed by atoms with Gasteiger partial charge in [0.2, 0.25) is 5.91 Å². The van der Waals surface area contributed by atoms with Gasteiger partial charge in [0, 0.05) is 31.5 Å². The summed E-state index contributed by atoms with van der Waals surface area (Å²) in [4.78, 5) is 11.8. The highest BCUT2D eigenvalue weighted by atomic mass is 35.5. The molecule has 1 aromatic rings. The molecule has 0 radical (unpaired) electrons. The lowest BCUT2D eigenvalue weighted by atomic mass is 9.99. The van der Waals surface area contributed by atoms with Crippen LogP contribution in [0.4, 0.5) is 4.39 Å². The molecule has 3 nitrogen and oxygen atoms in total. The number of halogens is 2. The number of carbonyl (C=O) groups excluding carboxylic acids is 1. The molecule has 0 saturated carbocycles. The Hall–Kier alpha value is -1.13. The second kappa shape index (κ2) is 7.46. The third-order valence-corrected chi connectivity index (χ3v) is 3.36. The first-order valence-corrected chi connectivity index (χ1v) is 6.38. The van der Waals surface area contributed by atoms with Crippen molar-refractivity contribution in [3.05, 3.63) is 35.6 Å². The van der Waals surface area contributed by atoms with E-state index in [0.29, 0.717) is 24.4 Å². The first-order valence-electron chi connectivity index (χ1n) is 6.38. The first kappa shape index (κ1) is 15.9. The summed E-state index contributed by atoms with van der Waals surface area (Å²) in [6.07, 6.45) is 0.446. The van der Waals surface area contributed by atoms with E-state index in [1.165, 1.54) is 6.07 Å². The Bertz CT molecular complexity index is 424. The fraction of sp³-hybridized carbons (Fsp3) is 0.500. The molecule has 1 aliphatic heterocycles. The molecule has 2 rings (SSSR count). The van der Waals surface area contributed by atoms with Gasteiger partial charge in [-0.15, -0.1) is 12.4 Å². The molecule has 1 fully saturated rings. The Morgan fingerprint density at radius 2 is 2.16 bits per heavy atom. The molecule has 0 bridgehead atoms. The van der Waals surface area contributed by atoms with Crippen molar-refractivity contribution in [2.75, 3.05) is 19.6 Å². The zero-order valence-electron chi connectivity index (χ0n) is 11.0. The molecule has 1 aliphatic rings. The van der Waals surface area contributed by atoms with Crippen LogP contribution in [0, 0.1) is 17.7 Å². The molecule has 1 saturated heterocycles. The van der Waals surface area contributed by atoms with E-state index < -0.39 is 0 Å². The lowest BCUT2D eigenvalue weighted by Gasteiger charge is -2.27. The molecule has 1 amide bonds. The van der Waals surface area contributed by atoms with E-state index in [1.54, 1.807) is 18.2 Å². The highest BCUT2D eigenvalue weighted by Gasteiger charge is 2.20. The molecule has 1 heterocycles. The van der Waals surface area contributed by atoms with Crippen LogP contribution in [-0.2, 0) is 11.2 Å². The molecule has 1 unspecified atom stereocenters. The van der Waals surface area contributed by atoms with Gasteiger partial charge in [-0.2, -0.15) is 0 Å². The van der Waals surface area contributed by atoms with Crippen LogP contribution >= 0.6 is 12.4 Å². The van der Waals surface area contributed by atoms with Crippen LogP contribution in [0.15, 0.2) is 24.3 Å². The predicted molar refractivity (Wildman–Crippen MR) is 75.9 cm³/mol. The Balaban J connectivity index is 0.00000180. The summed E-state index contributed by atoms with van der Waals surface area (Å²) in [5.41, 5.74) is 0.602. The maximum absolute atomic E-state index is 13.5. The molecular weight excluding hydrogens is 267 g/mol. The standard InChI is InChI=1S/C14H19FN2O.ClH/c1-10(6-12-4-2-3-5-13(12)15)14(18)17-9-11-7-16-8-11;/h2-5,10-11,16H,6-9H2,1H3,(H,17,18);1H. The van der Waals surface area contributed by atoms with Crippen molar-refractivity contribution in [3.8, 4) is 0 Å². The lowest BCUT2D eigenvalue weighted by molar-refractivity contribution is -0.124. The second-order valence-electron chi connectivity index (χ2n) is 4.97. The minimum atomic E-state index is -0.236. The lowest BCUT2D eigenvalue weighted by Crippen LogP contribution is -2.48. The van der Waals surface area contributed by atoms with Gasteiger partial charge in [-0.25, -0.2) is 4.39 Å². The Kier molecular flexibility index (Phi) is 6.25. The summed E-state index contributed by atoms with van der Waals surface area (Å²) in [5, 5.41) is 6.08. The Labute approximate surface area is 119 Å². The van der Waals surface area contributed by atoms with Gasteiger partial charge >= 0.3 is 0 Å². The van der Waals surface area contributed by atoms with E-state index in [4.69, 9.17) is 0 Å². The van der Waals surface area contributed by atoms with Crippen molar-refractivity contribution in [2.24, 2.45) is 11.8 Å². The van der Waals surface area contributed by atoms with Crippen molar-refractivity contribution >= 4 is 18.3 Å². The van der Waals surface area contributed by atoms with E-state index >= 15 is 0 Å². The van der Waals surface area contributed by atoms with Gasteiger partial charge in [0.1, 0.15) is 5.82 Å². The average Bonchev–Trinajstić information content (AvgIpc) is 2.30. The molecular formula is C14H20ClFN2O. The Morgan fingerprint density at radius 3 is 2.74 bits per heavy atom. The number of amides is 1. The molecule has 0 aliphatic carbocycles. The quantitative estimate of drug-likeness (QED) is 0.866. The number of carbonyl (C=O) groups is 1. The smallest absolute Gasteiger partial charge is 0.223 e. The van der Waals surface area contributed by atoms with Crippen LogP contribution in [0.5, 0.6) is 0 Å². The van der Waals surface area contributed by atoms with Gasteiger partial charge in [-0.05, 0) is 18.1 Å². The minimum Gasteiger partial charge on any atom is -0.355 e. The van der Waals surface area contributed by atoms with Crippen LogP contribution in [0.1, 0.15) is 12.5 Å². The van der Waals surface area contributed by atoms with Crippen LogP contribution in [-0.4, -0.2) is 25.5 Å². The zero-order chi connectivity index (χ0) is 13.0. The van der Waals surface area contributed by atoms with Gasteiger partial charge in [0.15, 0.2) is 0 Å². The molecule has 19 heavy (non-hydrogen) atoms. The van der Waals surface area contributed by atoms with Crippen LogP contribution in [0.2, 0.25) is 0 Å². The van der Waals surface area contributed by atoms with Crippen LogP contribution in [0.3, 0.4) is 0 Å². The number of nitrogens with one attached hydrogen (secondary N) is 2. The van der Waals surface area contributed by atoms with Gasteiger partial charge < -0.3 is 10.6 Å². The van der Waals surface area contributed by atoms with Gasteiger partial charge in [-0.1, -0.05) is 25.1 Å². The molecule has 106 valence electrons. The fourth-order valence-corrected chi connectivity index (χ4v) is 2.00. The van der Waals surface area contributed by atoms with Crippen molar-refractivity contribution in [1.82, 2.24) is 10.6 Å². The summed E-state index contributed by atoms with van der Waals surface area (Å²) < 4.78 is 13.5. The van der Waals surface area contributed by atoms with Gasteiger partial charge in [-0.3, -0.25) is 4.79 Å². The molecule has 0 aromatic heterocycles. The maximum Gasteiger partial charge on any atom is 0.223 e. The average molecular weight is 287 g/mol. The van der Waals surface area contributed by atoms with Crippen LogP contribution < -0.4 is 10.6 Å². The number of hydrogen-bond donors (Lipinski definition) is 2. The van der Waals surface area contributed by atoms with E-state index in [-0.39, 0.29) is 30.0 Å².